The second-order valence-corrected chi connectivity index (χ2v) is 5.48. The van der Waals surface area contributed by atoms with Gasteiger partial charge in [0.05, 0.1) is 11.0 Å². The summed E-state index contributed by atoms with van der Waals surface area (Å²) in [5, 5.41) is 2.11. The molecule has 5 heteroatoms. The van der Waals surface area contributed by atoms with Gasteiger partial charge in [-0.3, -0.25) is 4.40 Å². The summed E-state index contributed by atoms with van der Waals surface area (Å²) in [6.07, 6.45) is 2.06. The molecular formula is C14H12N4S. The smallest absolute Gasteiger partial charge is 0.194 e. The Morgan fingerprint density at radius 2 is 2.00 bits per heavy atom. The third kappa shape index (κ3) is 1.45. The van der Waals surface area contributed by atoms with Gasteiger partial charge >= 0.3 is 0 Å². The molecule has 0 fully saturated rings. The standard InChI is InChI=1S/C14H12N4S/c1-9-8-19-14-16-11(7-18(9)14)13-15-10-5-3-4-6-12(10)17(13)2/h3-8H,1-2H3. The van der Waals surface area contributed by atoms with Crippen LogP contribution in [0.1, 0.15) is 5.69 Å². The highest BCUT2D eigenvalue weighted by molar-refractivity contribution is 7.15. The molecule has 0 aliphatic heterocycles. The van der Waals surface area contributed by atoms with E-state index < -0.39 is 0 Å². The number of nitrogens with zero attached hydrogens (tertiary/aromatic N) is 4. The molecule has 0 spiro atoms. The van der Waals surface area contributed by atoms with E-state index in [-0.39, 0.29) is 0 Å². The maximum Gasteiger partial charge on any atom is 0.194 e. The van der Waals surface area contributed by atoms with Crippen LogP contribution in [0.25, 0.3) is 27.5 Å². The Morgan fingerprint density at radius 1 is 1.16 bits per heavy atom. The maximum atomic E-state index is 4.68. The van der Waals surface area contributed by atoms with Gasteiger partial charge in [-0.1, -0.05) is 12.1 Å². The Labute approximate surface area is 114 Å². The van der Waals surface area contributed by atoms with Crippen LogP contribution in [0.3, 0.4) is 0 Å². The van der Waals surface area contributed by atoms with Gasteiger partial charge in [-0.25, -0.2) is 9.97 Å². The highest BCUT2D eigenvalue weighted by atomic mass is 32.1. The number of hydrogen-bond donors (Lipinski definition) is 0. The van der Waals surface area contributed by atoms with E-state index in [0.29, 0.717) is 0 Å². The molecule has 0 saturated carbocycles. The van der Waals surface area contributed by atoms with Gasteiger partial charge < -0.3 is 4.57 Å². The van der Waals surface area contributed by atoms with Crippen molar-refractivity contribution in [2.45, 2.75) is 6.92 Å². The molecular weight excluding hydrogens is 256 g/mol. The van der Waals surface area contributed by atoms with Crippen LogP contribution < -0.4 is 0 Å². The van der Waals surface area contributed by atoms with Crippen molar-refractivity contribution in [1.82, 2.24) is 18.9 Å². The Hall–Kier alpha value is -2.14. The highest BCUT2D eigenvalue weighted by Gasteiger charge is 2.13. The van der Waals surface area contributed by atoms with Crippen molar-refractivity contribution in [1.29, 1.82) is 0 Å². The normalized spacial score (nSPS) is 11.7. The second-order valence-electron chi connectivity index (χ2n) is 4.64. The molecule has 0 unspecified atom stereocenters. The molecule has 1 aromatic carbocycles. The number of hydrogen-bond acceptors (Lipinski definition) is 3. The van der Waals surface area contributed by atoms with Gasteiger partial charge in [0.25, 0.3) is 0 Å². The molecule has 0 aliphatic carbocycles. The van der Waals surface area contributed by atoms with Crippen molar-refractivity contribution in [3.05, 3.63) is 41.5 Å². The average Bonchev–Trinajstić information content (AvgIpc) is 3.06. The first-order valence-electron chi connectivity index (χ1n) is 6.09. The highest BCUT2D eigenvalue weighted by Crippen LogP contribution is 2.25. The summed E-state index contributed by atoms with van der Waals surface area (Å²) in [6, 6.07) is 8.15. The minimum Gasteiger partial charge on any atom is -0.326 e. The molecule has 3 aromatic heterocycles. The number of para-hydroxylation sites is 2. The first-order valence-corrected chi connectivity index (χ1v) is 6.97. The molecule has 19 heavy (non-hydrogen) atoms. The lowest BCUT2D eigenvalue weighted by Gasteiger charge is -1.97. The Morgan fingerprint density at radius 3 is 2.79 bits per heavy atom. The lowest BCUT2D eigenvalue weighted by Crippen LogP contribution is -1.92. The van der Waals surface area contributed by atoms with Crippen molar-refractivity contribution < 1.29 is 0 Å². The summed E-state index contributed by atoms with van der Waals surface area (Å²) in [5.41, 5.74) is 4.27. The molecule has 4 rings (SSSR count). The van der Waals surface area contributed by atoms with Gasteiger partial charge in [-0.15, -0.1) is 11.3 Å². The number of fused-ring (bicyclic) bond motifs is 2. The zero-order chi connectivity index (χ0) is 13.0. The number of aryl methyl sites for hydroxylation is 2. The zero-order valence-corrected chi connectivity index (χ0v) is 11.5. The van der Waals surface area contributed by atoms with Crippen LogP contribution in [0.2, 0.25) is 0 Å². The van der Waals surface area contributed by atoms with Crippen LogP contribution in [-0.4, -0.2) is 18.9 Å². The van der Waals surface area contributed by atoms with Gasteiger partial charge in [0.1, 0.15) is 5.69 Å². The lowest BCUT2D eigenvalue weighted by molar-refractivity contribution is 0.953. The van der Waals surface area contributed by atoms with Crippen LogP contribution >= 0.6 is 11.3 Å². The second kappa shape index (κ2) is 3.68. The monoisotopic (exact) mass is 268 g/mol. The third-order valence-corrected chi connectivity index (χ3v) is 4.36. The molecule has 0 bridgehead atoms. The average molecular weight is 268 g/mol. The van der Waals surface area contributed by atoms with Gasteiger partial charge in [0, 0.05) is 24.3 Å². The third-order valence-electron chi connectivity index (χ3n) is 3.40. The molecule has 0 aliphatic rings. The van der Waals surface area contributed by atoms with E-state index in [2.05, 4.69) is 43.5 Å². The van der Waals surface area contributed by atoms with E-state index in [9.17, 15) is 0 Å². The van der Waals surface area contributed by atoms with Crippen LogP contribution in [0.5, 0.6) is 0 Å². The van der Waals surface area contributed by atoms with E-state index in [1.807, 2.05) is 25.2 Å². The van der Waals surface area contributed by atoms with Crippen molar-refractivity contribution in [2.24, 2.45) is 7.05 Å². The summed E-state index contributed by atoms with van der Waals surface area (Å²) in [4.78, 5) is 10.4. The minimum absolute atomic E-state index is 0.913. The SMILES string of the molecule is Cc1csc2nc(-c3nc4ccccc4n3C)cn12. The van der Waals surface area contributed by atoms with Crippen molar-refractivity contribution in [2.75, 3.05) is 0 Å². The van der Waals surface area contributed by atoms with Crippen LogP contribution in [0.15, 0.2) is 35.8 Å². The van der Waals surface area contributed by atoms with E-state index >= 15 is 0 Å². The van der Waals surface area contributed by atoms with E-state index in [1.54, 1.807) is 11.3 Å². The van der Waals surface area contributed by atoms with E-state index in [1.165, 1.54) is 5.69 Å². The predicted molar refractivity (Wildman–Crippen MR) is 77.5 cm³/mol. The van der Waals surface area contributed by atoms with Crippen molar-refractivity contribution in [3.8, 4) is 11.5 Å². The topological polar surface area (TPSA) is 35.1 Å². The zero-order valence-electron chi connectivity index (χ0n) is 10.7. The quantitative estimate of drug-likeness (QED) is 0.531. The first-order chi connectivity index (χ1) is 9.24. The van der Waals surface area contributed by atoms with Gasteiger partial charge in [0.2, 0.25) is 0 Å². The van der Waals surface area contributed by atoms with Crippen molar-refractivity contribution >= 4 is 27.3 Å². The summed E-state index contributed by atoms with van der Waals surface area (Å²) in [7, 11) is 2.03. The van der Waals surface area contributed by atoms with Gasteiger partial charge in [-0.2, -0.15) is 0 Å². The number of benzene rings is 1. The van der Waals surface area contributed by atoms with Crippen LogP contribution in [-0.2, 0) is 7.05 Å². The fraction of sp³-hybridized carbons (Fsp3) is 0.143. The number of rotatable bonds is 1. The molecule has 4 aromatic rings. The van der Waals surface area contributed by atoms with Crippen LogP contribution in [0, 0.1) is 6.92 Å². The van der Waals surface area contributed by atoms with E-state index in [0.717, 1.165) is 27.5 Å². The molecule has 94 valence electrons. The predicted octanol–water partition coefficient (Wildman–Crippen LogP) is 3.26. The van der Waals surface area contributed by atoms with E-state index in [4.69, 9.17) is 0 Å². The molecule has 4 nitrogen and oxygen atoms in total. The summed E-state index contributed by atoms with van der Waals surface area (Å²) >= 11 is 1.66. The maximum absolute atomic E-state index is 4.68. The summed E-state index contributed by atoms with van der Waals surface area (Å²) in [6.45, 7) is 2.09. The molecule has 0 N–H and O–H groups in total. The molecule has 0 amide bonds. The fourth-order valence-electron chi connectivity index (χ4n) is 2.38. The first kappa shape index (κ1) is 10.8. The number of thiazole rings is 1. The lowest BCUT2D eigenvalue weighted by atomic mass is 10.3. The summed E-state index contributed by atoms with van der Waals surface area (Å²) in [5.74, 6) is 0.913. The Kier molecular flexibility index (Phi) is 2.08. The molecule has 3 heterocycles. The van der Waals surface area contributed by atoms with Gasteiger partial charge in [-0.05, 0) is 19.1 Å². The summed E-state index contributed by atoms with van der Waals surface area (Å²) < 4.78 is 4.20. The Balaban J connectivity index is 2.00. The molecule has 0 atom stereocenters. The fourth-order valence-corrected chi connectivity index (χ4v) is 3.23. The molecule has 0 saturated heterocycles. The number of imidazole rings is 2. The van der Waals surface area contributed by atoms with Gasteiger partial charge in [0.15, 0.2) is 10.8 Å². The number of aromatic nitrogens is 4. The largest absolute Gasteiger partial charge is 0.326 e. The minimum atomic E-state index is 0.913. The Bertz CT molecular complexity index is 897. The van der Waals surface area contributed by atoms with Crippen molar-refractivity contribution in [3.63, 3.8) is 0 Å². The molecule has 0 radical (unpaired) electrons. The van der Waals surface area contributed by atoms with Crippen LogP contribution in [0.4, 0.5) is 0 Å².